The topological polar surface area (TPSA) is 44.8 Å². The highest BCUT2D eigenvalue weighted by Crippen LogP contribution is 2.38. The molecule has 0 amide bonds. The Morgan fingerprint density at radius 1 is 1.00 bits per heavy atom. The maximum Gasteiger partial charge on any atom is 0.432 e. The summed E-state index contributed by atoms with van der Waals surface area (Å²) in [6, 6.07) is 1.48. The van der Waals surface area contributed by atoms with Crippen LogP contribution in [0.4, 0.5) is 30.7 Å². The van der Waals surface area contributed by atoms with E-state index >= 15 is 0 Å². The van der Waals surface area contributed by atoms with Crippen molar-refractivity contribution >= 4 is 5.97 Å². The normalized spacial score (nSPS) is 19.0. The lowest BCUT2D eigenvalue weighted by molar-refractivity contribution is -0.189. The van der Waals surface area contributed by atoms with Gasteiger partial charge in [-0.25, -0.2) is 22.0 Å². The molecule has 32 heavy (non-hydrogen) atoms. The number of alkyl halides is 2. The SMILES string of the molecule is CCOC(=O)C1CCC(c2cc(F)c(C(F)(F)Oc3cc(F)c(F)c(F)c3)c(F)c2)OC1. The third kappa shape index (κ3) is 4.98. The van der Waals surface area contributed by atoms with E-state index in [2.05, 4.69) is 4.74 Å². The predicted octanol–water partition coefficient (Wildman–Crippen LogP) is 5.54. The molecule has 0 bridgehead atoms. The fraction of sp³-hybridized carbons (Fsp3) is 0.381. The van der Waals surface area contributed by atoms with Crippen molar-refractivity contribution < 1.29 is 49.7 Å². The zero-order valence-electron chi connectivity index (χ0n) is 16.6. The van der Waals surface area contributed by atoms with Crippen molar-refractivity contribution in [2.24, 2.45) is 5.92 Å². The van der Waals surface area contributed by atoms with E-state index in [0.29, 0.717) is 18.6 Å². The van der Waals surface area contributed by atoms with Gasteiger partial charge >= 0.3 is 12.1 Å². The van der Waals surface area contributed by atoms with E-state index < -0.39 is 64.5 Å². The number of rotatable bonds is 6. The van der Waals surface area contributed by atoms with Crippen LogP contribution in [0.25, 0.3) is 0 Å². The molecule has 1 saturated heterocycles. The van der Waals surface area contributed by atoms with Gasteiger partial charge in [0.2, 0.25) is 0 Å². The molecule has 1 aliphatic heterocycles. The fourth-order valence-electron chi connectivity index (χ4n) is 3.31. The second-order valence-corrected chi connectivity index (χ2v) is 7.03. The van der Waals surface area contributed by atoms with Crippen molar-refractivity contribution in [2.75, 3.05) is 13.2 Å². The van der Waals surface area contributed by atoms with Crippen LogP contribution in [0.1, 0.15) is 37.0 Å². The fourth-order valence-corrected chi connectivity index (χ4v) is 3.31. The van der Waals surface area contributed by atoms with Crippen LogP contribution in [0, 0.1) is 35.0 Å². The summed E-state index contributed by atoms with van der Waals surface area (Å²) in [5.41, 5.74) is -1.88. The first kappa shape index (κ1) is 23.8. The highest BCUT2D eigenvalue weighted by atomic mass is 19.3. The third-order valence-electron chi connectivity index (χ3n) is 4.83. The van der Waals surface area contributed by atoms with Gasteiger partial charge in [0.05, 0.1) is 25.2 Å². The number of esters is 1. The van der Waals surface area contributed by atoms with E-state index in [1.807, 2.05) is 0 Å². The summed E-state index contributed by atoms with van der Waals surface area (Å²) in [7, 11) is 0. The number of hydrogen-bond donors (Lipinski definition) is 0. The van der Waals surface area contributed by atoms with Crippen molar-refractivity contribution in [3.8, 4) is 5.75 Å². The highest BCUT2D eigenvalue weighted by molar-refractivity contribution is 5.72. The van der Waals surface area contributed by atoms with E-state index in [0.717, 1.165) is 0 Å². The minimum Gasteiger partial charge on any atom is -0.466 e. The Bertz CT molecular complexity index is 958. The second-order valence-electron chi connectivity index (χ2n) is 7.03. The molecular formula is C21H17F7O4. The van der Waals surface area contributed by atoms with Gasteiger partial charge in [-0.05, 0) is 37.5 Å². The average Bonchev–Trinajstić information content (AvgIpc) is 2.71. The van der Waals surface area contributed by atoms with Gasteiger partial charge in [-0.3, -0.25) is 4.79 Å². The zero-order valence-corrected chi connectivity index (χ0v) is 16.6. The minimum absolute atomic E-state index is 0.0740. The molecule has 0 aliphatic carbocycles. The lowest BCUT2D eigenvalue weighted by Gasteiger charge is -2.28. The molecule has 2 aromatic carbocycles. The average molecular weight is 466 g/mol. The lowest BCUT2D eigenvalue weighted by Crippen LogP contribution is -2.29. The second kappa shape index (κ2) is 9.35. The molecule has 1 fully saturated rings. The molecule has 2 aromatic rings. The van der Waals surface area contributed by atoms with Gasteiger partial charge in [0.25, 0.3) is 0 Å². The van der Waals surface area contributed by atoms with Crippen LogP contribution in [-0.2, 0) is 20.4 Å². The molecule has 3 rings (SSSR count). The van der Waals surface area contributed by atoms with Crippen molar-refractivity contribution in [3.05, 3.63) is 64.5 Å². The molecule has 0 saturated carbocycles. The molecule has 174 valence electrons. The summed E-state index contributed by atoms with van der Waals surface area (Å²) in [6.45, 7) is 1.75. The lowest BCUT2D eigenvalue weighted by atomic mass is 9.94. The van der Waals surface area contributed by atoms with Crippen LogP contribution < -0.4 is 4.74 Å². The Morgan fingerprint density at radius 2 is 1.59 bits per heavy atom. The molecule has 11 heteroatoms. The van der Waals surface area contributed by atoms with Gasteiger partial charge in [0, 0.05) is 12.1 Å². The molecule has 0 radical (unpaired) electrons. The first-order valence-corrected chi connectivity index (χ1v) is 9.52. The maximum absolute atomic E-state index is 14.5. The van der Waals surface area contributed by atoms with Crippen LogP contribution >= 0.6 is 0 Å². The molecule has 2 unspecified atom stereocenters. The first-order chi connectivity index (χ1) is 15.0. The maximum atomic E-state index is 14.5. The van der Waals surface area contributed by atoms with Gasteiger partial charge in [0.1, 0.15) is 22.9 Å². The molecule has 1 aliphatic rings. The number of halogens is 7. The smallest absolute Gasteiger partial charge is 0.432 e. The van der Waals surface area contributed by atoms with Gasteiger partial charge in [-0.1, -0.05) is 0 Å². The van der Waals surface area contributed by atoms with Crippen molar-refractivity contribution in [2.45, 2.75) is 32.0 Å². The van der Waals surface area contributed by atoms with Gasteiger partial charge in [-0.15, -0.1) is 0 Å². The molecule has 1 heterocycles. The van der Waals surface area contributed by atoms with Crippen LogP contribution in [0.15, 0.2) is 24.3 Å². The summed E-state index contributed by atoms with van der Waals surface area (Å²) in [5.74, 6) is -11.1. The molecule has 0 N–H and O–H groups in total. The number of ether oxygens (including phenoxy) is 3. The number of carbonyl (C=O) groups excluding carboxylic acids is 1. The molecule has 4 nitrogen and oxygen atoms in total. The highest BCUT2D eigenvalue weighted by Gasteiger charge is 2.42. The Labute approximate surface area is 177 Å². The van der Waals surface area contributed by atoms with E-state index in [1.165, 1.54) is 0 Å². The van der Waals surface area contributed by atoms with E-state index in [9.17, 15) is 35.5 Å². The quantitative estimate of drug-likeness (QED) is 0.319. The summed E-state index contributed by atoms with van der Waals surface area (Å²) < 4.78 is 112. The van der Waals surface area contributed by atoms with Crippen LogP contribution in [0.3, 0.4) is 0 Å². The van der Waals surface area contributed by atoms with Crippen LogP contribution in [-0.4, -0.2) is 19.2 Å². The van der Waals surface area contributed by atoms with Gasteiger partial charge in [-0.2, -0.15) is 8.78 Å². The predicted molar refractivity (Wildman–Crippen MR) is 95.2 cm³/mol. The zero-order chi connectivity index (χ0) is 23.6. The third-order valence-corrected chi connectivity index (χ3v) is 4.83. The molecule has 0 aromatic heterocycles. The summed E-state index contributed by atoms with van der Waals surface area (Å²) >= 11 is 0. The molecule has 0 spiro atoms. The standard InChI is InChI=1S/C21H17F7O4/c1-2-30-20(29)10-3-4-17(31-9-10)11-5-13(22)18(14(23)6-11)21(27,28)32-12-7-15(24)19(26)16(25)8-12/h5-8,10,17H,2-4,9H2,1H3. The van der Waals surface area contributed by atoms with Crippen molar-refractivity contribution in [1.29, 1.82) is 0 Å². The molecular weight excluding hydrogens is 449 g/mol. The van der Waals surface area contributed by atoms with Crippen LogP contribution in [0.2, 0.25) is 0 Å². The monoisotopic (exact) mass is 466 g/mol. The van der Waals surface area contributed by atoms with Crippen LogP contribution in [0.5, 0.6) is 5.75 Å². The number of benzene rings is 2. The van der Waals surface area contributed by atoms with E-state index in [1.54, 1.807) is 6.92 Å². The Kier molecular flexibility index (Phi) is 6.97. The Morgan fingerprint density at radius 3 is 2.09 bits per heavy atom. The summed E-state index contributed by atoms with van der Waals surface area (Å²) in [6.07, 6.45) is -5.04. The van der Waals surface area contributed by atoms with E-state index in [-0.39, 0.29) is 37.3 Å². The molecule has 2 atom stereocenters. The first-order valence-electron chi connectivity index (χ1n) is 9.52. The Hall–Kier alpha value is -2.82. The van der Waals surface area contributed by atoms with Crippen molar-refractivity contribution in [1.82, 2.24) is 0 Å². The van der Waals surface area contributed by atoms with E-state index in [4.69, 9.17) is 9.47 Å². The number of carbonyl (C=O) groups is 1. The largest absolute Gasteiger partial charge is 0.466 e. The summed E-state index contributed by atoms with van der Waals surface area (Å²) in [4.78, 5) is 11.7. The van der Waals surface area contributed by atoms with Crippen molar-refractivity contribution in [3.63, 3.8) is 0 Å². The Balaban J connectivity index is 1.79. The number of hydrogen-bond acceptors (Lipinski definition) is 4. The summed E-state index contributed by atoms with van der Waals surface area (Å²) in [5, 5.41) is 0. The van der Waals surface area contributed by atoms with Gasteiger partial charge in [0.15, 0.2) is 17.5 Å². The minimum atomic E-state index is -4.67. The van der Waals surface area contributed by atoms with Gasteiger partial charge < -0.3 is 14.2 Å².